The lowest BCUT2D eigenvalue weighted by atomic mass is 10.1. The Morgan fingerprint density at radius 1 is 1.05 bits per heavy atom. The molecule has 1 amide bonds. The van der Waals surface area contributed by atoms with Crippen molar-refractivity contribution in [3.8, 4) is 5.75 Å². The highest BCUT2D eigenvalue weighted by Crippen LogP contribution is 2.15. The highest BCUT2D eigenvalue weighted by molar-refractivity contribution is 5.94. The van der Waals surface area contributed by atoms with E-state index in [9.17, 15) is 9.59 Å². The molecule has 0 aromatic heterocycles. The summed E-state index contributed by atoms with van der Waals surface area (Å²) in [6.45, 7) is 3.84. The number of ether oxygens (including phenoxy) is 1. The van der Waals surface area contributed by atoms with E-state index in [1.165, 1.54) is 0 Å². The Morgan fingerprint density at radius 2 is 1.68 bits per heavy atom. The summed E-state index contributed by atoms with van der Waals surface area (Å²) in [6.07, 6.45) is 0.785. The third-order valence-electron chi connectivity index (χ3n) is 3.40. The van der Waals surface area contributed by atoms with Crippen molar-refractivity contribution in [1.82, 2.24) is 0 Å². The number of carbonyl (C=O) groups is 2. The normalized spacial score (nSPS) is 11.5. The Balaban J connectivity index is 1.99. The van der Waals surface area contributed by atoms with Crippen LogP contribution in [0.3, 0.4) is 0 Å². The number of amides is 1. The summed E-state index contributed by atoms with van der Waals surface area (Å²) in [5, 5.41) is 2.82. The van der Waals surface area contributed by atoms with Gasteiger partial charge in [0.1, 0.15) is 5.75 Å². The first kappa shape index (κ1) is 15.8. The zero-order valence-corrected chi connectivity index (χ0v) is 12.7. The van der Waals surface area contributed by atoms with E-state index in [1.807, 2.05) is 19.9 Å². The summed E-state index contributed by atoms with van der Waals surface area (Å²) < 4.78 is 5.25. The Labute approximate surface area is 130 Å². The van der Waals surface area contributed by atoms with Crippen LogP contribution in [0.15, 0.2) is 54.6 Å². The molecule has 0 fully saturated rings. The summed E-state index contributed by atoms with van der Waals surface area (Å²) >= 11 is 0. The van der Waals surface area contributed by atoms with Gasteiger partial charge in [0.25, 0.3) is 0 Å². The van der Waals surface area contributed by atoms with Crippen LogP contribution in [0.1, 0.15) is 30.6 Å². The highest BCUT2D eigenvalue weighted by atomic mass is 16.5. The predicted octanol–water partition coefficient (Wildman–Crippen LogP) is 3.89. The van der Waals surface area contributed by atoms with Crippen molar-refractivity contribution in [1.29, 1.82) is 0 Å². The molecule has 1 N–H and O–H groups in total. The molecule has 1 unspecified atom stereocenters. The molecule has 0 aliphatic carbocycles. The third-order valence-corrected chi connectivity index (χ3v) is 3.40. The number of anilines is 1. The molecule has 0 bridgehead atoms. The summed E-state index contributed by atoms with van der Waals surface area (Å²) in [4.78, 5) is 23.8. The SMILES string of the molecule is CCC(C)C(=O)Nc1ccc(C(=O)Oc2ccccc2)cc1. The standard InChI is InChI=1S/C18H19NO3/c1-3-13(2)17(20)19-15-11-9-14(10-12-15)18(21)22-16-7-5-4-6-8-16/h4-13H,3H2,1-2H3,(H,19,20). The van der Waals surface area contributed by atoms with Gasteiger partial charge in [-0.2, -0.15) is 0 Å². The number of esters is 1. The molecule has 2 aromatic rings. The summed E-state index contributed by atoms with van der Waals surface area (Å²) in [6, 6.07) is 15.6. The zero-order valence-electron chi connectivity index (χ0n) is 12.7. The zero-order chi connectivity index (χ0) is 15.9. The number of hydrogen-bond acceptors (Lipinski definition) is 3. The van der Waals surface area contributed by atoms with Crippen molar-refractivity contribution < 1.29 is 14.3 Å². The number of nitrogens with one attached hydrogen (secondary N) is 1. The summed E-state index contributed by atoms with van der Waals surface area (Å²) in [5.41, 5.74) is 1.10. The van der Waals surface area contributed by atoms with Gasteiger partial charge in [-0.25, -0.2) is 4.79 Å². The molecule has 2 rings (SSSR count). The van der Waals surface area contributed by atoms with E-state index in [0.29, 0.717) is 17.0 Å². The average Bonchev–Trinajstić information content (AvgIpc) is 2.55. The van der Waals surface area contributed by atoms with E-state index in [0.717, 1.165) is 6.42 Å². The van der Waals surface area contributed by atoms with Gasteiger partial charge in [-0.15, -0.1) is 0 Å². The minimum absolute atomic E-state index is 0.0258. The topological polar surface area (TPSA) is 55.4 Å². The van der Waals surface area contributed by atoms with Crippen LogP contribution in [-0.2, 0) is 4.79 Å². The molecule has 2 aromatic carbocycles. The molecule has 0 radical (unpaired) electrons. The second-order valence-electron chi connectivity index (χ2n) is 5.08. The van der Waals surface area contributed by atoms with Gasteiger partial charge in [0.05, 0.1) is 5.56 Å². The van der Waals surface area contributed by atoms with Crippen molar-refractivity contribution in [3.63, 3.8) is 0 Å². The molecule has 0 aliphatic rings. The van der Waals surface area contributed by atoms with Gasteiger partial charge in [0.2, 0.25) is 5.91 Å². The Bertz CT molecular complexity index is 635. The van der Waals surface area contributed by atoms with Crippen LogP contribution in [0.25, 0.3) is 0 Å². The predicted molar refractivity (Wildman–Crippen MR) is 85.9 cm³/mol. The molecule has 0 saturated heterocycles. The molecule has 22 heavy (non-hydrogen) atoms. The second kappa shape index (κ2) is 7.41. The minimum atomic E-state index is -0.425. The maximum absolute atomic E-state index is 12.0. The van der Waals surface area contributed by atoms with Crippen LogP contribution in [0.5, 0.6) is 5.75 Å². The largest absolute Gasteiger partial charge is 0.423 e. The van der Waals surface area contributed by atoms with Crippen molar-refractivity contribution in [2.45, 2.75) is 20.3 Å². The minimum Gasteiger partial charge on any atom is -0.423 e. The lowest BCUT2D eigenvalue weighted by Crippen LogP contribution is -2.19. The lowest BCUT2D eigenvalue weighted by Gasteiger charge is -2.10. The van der Waals surface area contributed by atoms with Crippen molar-refractivity contribution in [2.24, 2.45) is 5.92 Å². The van der Waals surface area contributed by atoms with Gasteiger partial charge in [0, 0.05) is 11.6 Å². The number of rotatable bonds is 5. The molecular formula is C18H19NO3. The van der Waals surface area contributed by atoms with Gasteiger partial charge < -0.3 is 10.1 Å². The lowest BCUT2D eigenvalue weighted by molar-refractivity contribution is -0.119. The Kier molecular flexibility index (Phi) is 5.31. The van der Waals surface area contributed by atoms with E-state index in [1.54, 1.807) is 48.5 Å². The van der Waals surface area contributed by atoms with Gasteiger partial charge in [0.15, 0.2) is 0 Å². The number of carbonyl (C=O) groups excluding carboxylic acids is 2. The average molecular weight is 297 g/mol. The van der Waals surface area contributed by atoms with Gasteiger partial charge >= 0.3 is 5.97 Å². The van der Waals surface area contributed by atoms with Gasteiger partial charge in [-0.05, 0) is 42.8 Å². The number of hydrogen-bond donors (Lipinski definition) is 1. The fourth-order valence-corrected chi connectivity index (χ4v) is 1.79. The van der Waals surface area contributed by atoms with Crippen LogP contribution in [0.2, 0.25) is 0 Å². The van der Waals surface area contributed by atoms with Crippen LogP contribution < -0.4 is 10.1 Å². The quantitative estimate of drug-likeness (QED) is 0.673. The molecular weight excluding hydrogens is 278 g/mol. The highest BCUT2D eigenvalue weighted by Gasteiger charge is 2.12. The summed E-state index contributed by atoms with van der Waals surface area (Å²) in [5.74, 6) is 0.0116. The van der Waals surface area contributed by atoms with Gasteiger partial charge in [-0.1, -0.05) is 32.0 Å². The molecule has 0 heterocycles. The second-order valence-corrected chi connectivity index (χ2v) is 5.08. The fourth-order valence-electron chi connectivity index (χ4n) is 1.79. The van der Waals surface area contributed by atoms with Crippen LogP contribution in [-0.4, -0.2) is 11.9 Å². The maximum atomic E-state index is 12.0. The van der Waals surface area contributed by atoms with E-state index in [2.05, 4.69) is 5.32 Å². The number of para-hydroxylation sites is 1. The molecule has 0 spiro atoms. The first-order valence-electron chi connectivity index (χ1n) is 7.28. The van der Waals surface area contributed by atoms with Crippen molar-refractivity contribution in [2.75, 3.05) is 5.32 Å². The first-order valence-corrected chi connectivity index (χ1v) is 7.28. The van der Waals surface area contributed by atoms with Crippen LogP contribution in [0.4, 0.5) is 5.69 Å². The Hall–Kier alpha value is -2.62. The molecule has 0 aliphatic heterocycles. The molecule has 1 atom stereocenters. The van der Waals surface area contributed by atoms with Crippen LogP contribution in [0, 0.1) is 5.92 Å². The summed E-state index contributed by atoms with van der Waals surface area (Å²) in [7, 11) is 0. The monoisotopic (exact) mass is 297 g/mol. The fraction of sp³-hybridized carbons (Fsp3) is 0.222. The van der Waals surface area contributed by atoms with E-state index in [-0.39, 0.29) is 11.8 Å². The van der Waals surface area contributed by atoms with Crippen molar-refractivity contribution in [3.05, 3.63) is 60.2 Å². The Morgan fingerprint density at radius 3 is 2.27 bits per heavy atom. The molecule has 4 nitrogen and oxygen atoms in total. The van der Waals surface area contributed by atoms with Crippen molar-refractivity contribution >= 4 is 17.6 Å². The maximum Gasteiger partial charge on any atom is 0.343 e. The molecule has 0 saturated carbocycles. The van der Waals surface area contributed by atoms with Crippen LogP contribution >= 0.6 is 0 Å². The molecule has 4 heteroatoms. The third kappa shape index (κ3) is 4.19. The smallest absolute Gasteiger partial charge is 0.343 e. The van der Waals surface area contributed by atoms with E-state index < -0.39 is 5.97 Å². The first-order chi connectivity index (χ1) is 10.6. The van der Waals surface area contributed by atoms with Gasteiger partial charge in [-0.3, -0.25) is 4.79 Å². The van der Waals surface area contributed by atoms with E-state index >= 15 is 0 Å². The molecule has 114 valence electrons. The van der Waals surface area contributed by atoms with E-state index in [4.69, 9.17) is 4.74 Å². The number of benzene rings is 2.